The molecule has 1 aliphatic heterocycles. The Kier molecular flexibility index (Phi) is 7.51. The van der Waals surface area contributed by atoms with Crippen molar-refractivity contribution in [3.8, 4) is 11.5 Å². The topological polar surface area (TPSA) is 83.3 Å². The van der Waals surface area contributed by atoms with E-state index in [9.17, 15) is 9.18 Å². The van der Waals surface area contributed by atoms with Crippen LogP contribution in [-0.4, -0.2) is 47.2 Å². The van der Waals surface area contributed by atoms with E-state index in [4.69, 9.17) is 4.42 Å². The van der Waals surface area contributed by atoms with Gasteiger partial charge in [-0.15, -0.1) is 5.10 Å². The zero-order valence-corrected chi connectivity index (χ0v) is 18.0. The number of aromatic nitrogens is 2. The van der Waals surface area contributed by atoms with Gasteiger partial charge in [-0.3, -0.25) is 4.79 Å². The number of anilines is 2. The molecule has 31 heavy (non-hydrogen) atoms. The van der Waals surface area contributed by atoms with Crippen molar-refractivity contribution in [3.05, 3.63) is 24.0 Å². The molecule has 2 fully saturated rings. The molecule has 0 unspecified atom stereocenters. The third-order valence-electron chi connectivity index (χ3n) is 6.24. The molecule has 168 valence electrons. The molecule has 1 aromatic carbocycles. The molecule has 7 nitrogen and oxygen atoms in total. The fourth-order valence-electron chi connectivity index (χ4n) is 4.44. The van der Waals surface area contributed by atoms with Gasteiger partial charge in [0.15, 0.2) is 0 Å². The second-order valence-corrected chi connectivity index (χ2v) is 8.61. The molecule has 0 bridgehead atoms. The summed E-state index contributed by atoms with van der Waals surface area (Å²) in [6, 6.07) is 4.85. The van der Waals surface area contributed by atoms with Crippen molar-refractivity contribution >= 4 is 17.6 Å². The Labute approximate surface area is 182 Å². The minimum atomic E-state index is -0.498. The average Bonchev–Trinajstić information content (AvgIpc) is 3.47. The van der Waals surface area contributed by atoms with Gasteiger partial charge in [-0.1, -0.05) is 24.4 Å². The van der Waals surface area contributed by atoms with Gasteiger partial charge in [0.2, 0.25) is 5.91 Å². The van der Waals surface area contributed by atoms with Crippen LogP contribution in [0.3, 0.4) is 0 Å². The summed E-state index contributed by atoms with van der Waals surface area (Å²) >= 11 is 0. The SMILES string of the molecule is O=C(Nc1ccc(-c2nnc(NCCCCN3CCCC3)o2)c(F)c1)C1CCCCC1. The number of hydrogen-bond donors (Lipinski definition) is 2. The first kappa shape index (κ1) is 21.7. The molecule has 0 spiro atoms. The number of halogens is 1. The van der Waals surface area contributed by atoms with Gasteiger partial charge in [0.1, 0.15) is 5.82 Å². The molecule has 1 saturated heterocycles. The molecule has 2 heterocycles. The Bertz CT molecular complexity index is 859. The highest BCUT2D eigenvalue weighted by Gasteiger charge is 2.22. The maximum Gasteiger partial charge on any atom is 0.315 e. The lowest BCUT2D eigenvalue weighted by Gasteiger charge is -2.20. The van der Waals surface area contributed by atoms with Crippen LogP contribution >= 0.6 is 0 Å². The number of amides is 1. The predicted molar refractivity (Wildman–Crippen MR) is 118 cm³/mol. The van der Waals surface area contributed by atoms with Crippen LogP contribution in [0.5, 0.6) is 0 Å². The summed E-state index contributed by atoms with van der Waals surface area (Å²) in [4.78, 5) is 14.9. The monoisotopic (exact) mass is 429 g/mol. The minimum absolute atomic E-state index is 0.0245. The van der Waals surface area contributed by atoms with Crippen molar-refractivity contribution in [2.24, 2.45) is 5.92 Å². The van der Waals surface area contributed by atoms with E-state index in [0.717, 1.165) is 51.6 Å². The fraction of sp³-hybridized carbons (Fsp3) is 0.609. The van der Waals surface area contributed by atoms with Crippen molar-refractivity contribution in [2.75, 3.05) is 36.8 Å². The lowest BCUT2D eigenvalue weighted by atomic mass is 9.88. The molecule has 1 aliphatic carbocycles. The van der Waals surface area contributed by atoms with Crippen LogP contribution in [0, 0.1) is 11.7 Å². The zero-order chi connectivity index (χ0) is 21.5. The third kappa shape index (κ3) is 6.03. The van der Waals surface area contributed by atoms with Crippen LogP contribution < -0.4 is 10.6 Å². The highest BCUT2D eigenvalue weighted by Crippen LogP contribution is 2.28. The fourth-order valence-corrected chi connectivity index (χ4v) is 4.44. The van der Waals surface area contributed by atoms with Gasteiger partial charge in [-0.05, 0) is 76.4 Å². The lowest BCUT2D eigenvalue weighted by Crippen LogP contribution is -2.24. The van der Waals surface area contributed by atoms with E-state index in [2.05, 4.69) is 25.7 Å². The van der Waals surface area contributed by atoms with Crippen molar-refractivity contribution in [1.29, 1.82) is 0 Å². The normalized spacial score (nSPS) is 17.7. The molecule has 0 atom stereocenters. The van der Waals surface area contributed by atoms with E-state index in [0.29, 0.717) is 11.7 Å². The highest BCUT2D eigenvalue weighted by atomic mass is 19.1. The van der Waals surface area contributed by atoms with E-state index >= 15 is 0 Å². The van der Waals surface area contributed by atoms with E-state index in [1.165, 1.54) is 38.4 Å². The quantitative estimate of drug-likeness (QED) is 0.563. The van der Waals surface area contributed by atoms with Gasteiger partial charge < -0.3 is 20.0 Å². The van der Waals surface area contributed by atoms with Crippen molar-refractivity contribution < 1.29 is 13.6 Å². The Morgan fingerprint density at radius 3 is 2.68 bits per heavy atom. The van der Waals surface area contributed by atoms with E-state index < -0.39 is 5.82 Å². The Hall–Kier alpha value is -2.48. The number of benzene rings is 1. The zero-order valence-electron chi connectivity index (χ0n) is 18.0. The third-order valence-corrected chi connectivity index (χ3v) is 6.24. The Morgan fingerprint density at radius 1 is 1.10 bits per heavy atom. The highest BCUT2D eigenvalue weighted by molar-refractivity contribution is 5.92. The smallest absolute Gasteiger partial charge is 0.315 e. The van der Waals surface area contributed by atoms with Gasteiger partial charge in [-0.25, -0.2) is 4.39 Å². The Balaban J connectivity index is 1.26. The summed E-state index contributed by atoms with van der Waals surface area (Å²) in [5.74, 6) is -0.373. The summed E-state index contributed by atoms with van der Waals surface area (Å²) in [7, 11) is 0. The molecule has 2 aliphatic rings. The van der Waals surface area contributed by atoms with E-state index in [1.54, 1.807) is 12.1 Å². The van der Waals surface area contributed by atoms with Crippen LogP contribution in [0.1, 0.15) is 57.8 Å². The van der Waals surface area contributed by atoms with Crippen LogP contribution in [0.25, 0.3) is 11.5 Å². The predicted octanol–water partition coefficient (Wildman–Crippen LogP) is 4.68. The number of carbonyl (C=O) groups excluding carboxylic acids is 1. The van der Waals surface area contributed by atoms with Crippen molar-refractivity contribution in [3.63, 3.8) is 0 Å². The van der Waals surface area contributed by atoms with Gasteiger partial charge in [0.25, 0.3) is 5.89 Å². The summed E-state index contributed by atoms with van der Waals surface area (Å²) in [5, 5.41) is 13.9. The summed E-state index contributed by atoms with van der Waals surface area (Å²) in [5.41, 5.74) is 0.679. The van der Waals surface area contributed by atoms with Crippen LogP contribution in [0.4, 0.5) is 16.1 Å². The van der Waals surface area contributed by atoms with Crippen LogP contribution in [0.2, 0.25) is 0 Å². The average molecular weight is 430 g/mol. The number of rotatable bonds is 9. The summed E-state index contributed by atoms with van der Waals surface area (Å²) in [6.45, 7) is 4.31. The Morgan fingerprint density at radius 2 is 1.90 bits per heavy atom. The number of nitrogens with zero attached hydrogens (tertiary/aromatic N) is 3. The molecular formula is C23H32FN5O2. The second kappa shape index (κ2) is 10.7. The molecule has 1 amide bonds. The standard InChI is InChI=1S/C23H32FN5O2/c24-20-16-18(26-21(30)17-8-2-1-3-9-17)10-11-19(20)22-27-28-23(31-22)25-12-4-5-13-29-14-6-7-15-29/h10-11,16-17H,1-9,12-15H2,(H,25,28)(H,26,30). The van der Waals surface area contributed by atoms with Crippen molar-refractivity contribution in [2.45, 2.75) is 57.8 Å². The van der Waals surface area contributed by atoms with Gasteiger partial charge >= 0.3 is 6.01 Å². The van der Waals surface area contributed by atoms with E-state index in [-0.39, 0.29) is 23.3 Å². The van der Waals surface area contributed by atoms with Gasteiger partial charge in [-0.2, -0.15) is 0 Å². The number of nitrogens with one attached hydrogen (secondary N) is 2. The first-order chi connectivity index (χ1) is 15.2. The molecular weight excluding hydrogens is 397 g/mol. The van der Waals surface area contributed by atoms with E-state index in [1.807, 2.05) is 0 Å². The number of unbranched alkanes of at least 4 members (excludes halogenated alkanes) is 1. The molecule has 1 aromatic heterocycles. The lowest BCUT2D eigenvalue weighted by molar-refractivity contribution is -0.120. The largest absolute Gasteiger partial charge is 0.403 e. The molecule has 2 N–H and O–H groups in total. The molecule has 1 saturated carbocycles. The minimum Gasteiger partial charge on any atom is -0.403 e. The molecule has 0 radical (unpaired) electrons. The number of hydrogen-bond acceptors (Lipinski definition) is 6. The first-order valence-corrected chi connectivity index (χ1v) is 11.6. The van der Waals surface area contributed by atoms with Gasteiger partial charge in [0.05, 0.1) is 5.56 Å². The summed E-state index contributed by atoms with van der Waals surface area (Å²) < 4.78 is 20.2. The molecule has 4 rings (SSSR count). The van der Waals surface area contributed by atoms with Crippen LogP contribution in [-0.2, 0) is 4.79 Å². The molecule has 2 aromatic rings. The first-order valence-electron chi connectivity index (χ1n) is 11.6. The maximum atomic E-state index is 14.6. The number of likely N-dealkylation sites (tertiary alicyclic amines) is 1. The van der Waals surface area contributed by atoms with Crippen molar-refractivity contribution in [1.82, 2.24) is 15.1 Å². The number of carbonyl (C=O) groups is 1. The second-order valence-electron chi connectivity index (χ2n) is 8.61. The maximum absolute atomic E-state index is 14.6. The summed E-state index contributed by atoms with van der Waals surface area (Å²) in [6.07, 6.45) is 9.92. The molecule has 8 heteroatoms. The van der Waals surface area contributed by atoms with Gasteiger partial charge in [0, 0.05) is 18.2 Å². The van der Waals surface area contributed by atoms with Crippen LogP contribution in [0.15, 0.2) is 22.6 Å².